The molecule has 2 amide bonds. The van der Waals surface area contributed by atoms with Crippen LogP contribution in [0.2, 0.25) is 6.32 Å². The molecule has 1 saturated carbocycles. The molecule has 0 unspecified atom stereocenters. The topological polar surface area (TPSA) is 120 Å². The van der Waals surface area contributed by atoms with Crippen LogP contribution >= 0.6 is 0 Å². The van der Waals surface area contributed by atoms with Gasteiger partial charge in [0.2, 0.25) is 18.4 Å². The number of rotatable bonds is 10. The van der Waals surface area contributed by atoms with Crippen LogP contribution in [0.5, 0.6) is 0 Å². The summed E-state index contributed by atoms with van der Waals surface area (Å²) in [5, 5.41) is 17.1. The van der Waals surface area contributed by atoms with Gasteiger partial charge in [0.1, 0.15) is 5.54 Å². The number of amides is 2. The third-order valence-corrected chi connectivity index (χ3v) is 7.01. The Balaban J connectivity index is 2.13. The number of carbonyl (C=O) groups excluding carboxylic acids is 2. The molecule has 0 aromatic rings. The maximum atomic E-state index is 13.0. The SMILES string of the molecule is CCCCNC(=O)[C@@]1(NC(C)=O)C[C@H](CCB2OC(C)(C)C(C)(C)O2)[C@@H](C[N+](=O)[O-])C1. The van der Waals surface area contributed by atoms with Gasteiger partial charge >= 0.3 is 7.12 Å². The fraction of sp³-hybridized carbons (Fsp3) is 0.905. The van der Waals surface area contributed by atoms with Gasteiger partial charge in [0.25, 0.3) is 0 Å². The van der Waals surface area contributed by atoms with Crippen molar-refractivity contribution < 1.29 is 23.8 Å². The number of nitro groups is 1. The zero-order valence-electron chi connectivity index (χ0n) is 19.8. The maximum Gasteiger partial charge on any atom is 0.457 e. The largest absolute Gasteiger partial charge is 0.457 e. The maximum absolute atomic E-state index is 13.0. The second-order valence-corrected chi connectivity index (χ2v) is 10.1. The molecule has 31 heavy (non-hydrogen) atoms. The van der Waals surface area contributed by atoms with Gasteiger partial charge in [0, 0.05) is 24.3 Å². The molecule has 1 saturated heterocycles. The van der Waals surface area contributed by atoms with Crippen molar-refractivity contribution in [2.75, 3.05) is 13.1 Å². The van der Waals surface area contributed by atoms with Crippen molar-refractivity contribution in [1.29, 1.82) is 0 Å². The Morgan fingerprint density at radius 2 is 1.71 bits per heavy atom. The minimum Gasteiger partial charge on any atom is -0.403 e. The highest BCUT2D eigenvalue weighted by Crippen LogP contribution is 2.44. The Morgan fingerprint density at radius 1 is 1.13 bits per heavy atom. The van der Waals surface area contributed by atoms with E-state index in [0.717, 1.165) is 12.8 Å². The van der Waals surface area contributed by atoms with Gasteiger partial charge in [-0.1, -0.05) is 19.8 Å². The van der Waals surface area contributed by atoms with Crippen molar-refractivity contribution in [2.45, 2.75) is 96.7 Å². The van der Waals surface area contributed by atoms with Gasteiger partial charge in [-0.25, -0.2) is 0 Å². The predicted octanol–water partition coefficient (Wildman–Crippen LogP) is 2.56. The lowest BCUT2D eigenvalue weighted by Gasteiger charge is -2.32. The quantitative estimate of drug-likeness (QED) is 0.234. The molecule has 9 nitrogen and oxygen atoms in total. The summed E-state index contributed by atoms with van der Waals surface area (Å²) in [6, 6.07) is 0. The summed E-state index contributed by atoms with van der Waals surface area (Å²) in [6.45, 7) is 11.7. The minimum absolute atomic E-state index is 0.0896. The van der Waals surface area contributed by atoms with Gasteiger partial charge in [-0.2, -0.15) is 0 Å². The van der Waals surface area contributed by atoms with Crippen LogP contribution in [0, 0.1) is 22.0 Å². The summed E-state index contributed by atoms with van der Waals surface area (Å²) < 4.78 is 12.1. The molecule has 0 bridgehead atoms. The molecule has 0 radical (unpaired) electrons. The minimum atomic E-state index is -1.11. The van der Waals surface area contributed by atoms with Gasteiger partial charge in [0.05, 0.1) is 11.2 Å². The lowest BCUT2D eigenvalue weighted by Crippen LogP contribution is -2.57. The number of nitrogens with one attached hydrogen (secondary N) is 2. The third kappa shape index (κ3) is 6.19. The molecule has 0 aromatic heterocycles. The van der Waals surface area contributed by atoms with Crippen LogP contribution in [-0.4, -0.2) is 53.7 Å². The van der Waals surface area contributed by atoms with Gasteiger partial charge in [0.15, 0.2) is 0 Å². The zero-order chi connectivity index (χ0) is 23.4. The molecule has 1 aliphatic carbocycles. The summed E-state index contributed by atoms with van der Waals surface area (Å²) in [6.07, 6.45) is 3.63. The van der Waals surface area contributed by atoms with Crippen LogP contribution in [0.1, 0.15) is 73.6 Å². The highest BCUT2D eigenvalue weighted by atomic mass is 16.7. The second kappa shape index (κ2) is 9.86. The van der Waals surface area contributed by atoms with Crippen LogP contribution in [0.15, 0.2) is 0 Å². The van der Waals surface area contributed by atoms with E-state index in [1.165, 1.54) is 6.92 Å². The highest BCUT2D eigenvalue weighted by molar-refractivity contribution is 6.45. The van der Waals surface area contributed by atoms with Crippen LogP contribution in [0.3, 0.4) is 0 Å². The number of hydrogen-bond acceptors (Lipinski definition) is 6. The van der Waals surface area contributed by atoms with Crippen LogP contribution in [0.4, 0.5) is 0 Å². The normalized spacial score (nSPS) is 29.0. The Kier molecular flexibility index (Phi) is 8.13. The fourth-order valence-corrected chi connectivity index (χ4v) is 4.72. The molecule has 176 valence electrons. The summed E-state index contributed by atoms with van der Waals surface area (Å²) in [4.78, 5) is 35.9. The van der Waals surface area contributed by atoms with E-state index < -0.39 is 23.9 Å². The molecule has 2 rings (SSSR count). The first-order valence-electron chi connectivity index (χ1n) is 11.4. The molecular formula is C21H38BN3O6. The lowest BCUT2D eigenvalue weighted by atomic mass is 9.77. The summed E-state index contributed by atoms with van der Waals surface area (Å²) >= 11 is 0. The molecule has 10 heteroatoms. The Morgan fingerprint density at radius 3 is 2.23 bits per heavy atom. The van der Waals surface area contributed by atoms with Crippen LogP contribution in [0.25, 0.3) is 0 Å². The van der Waals surface area contributed by atoms with E-state index in [1.807, 2.05) is 34.6 Å². The molecule has 0 aromatic carbocycles. The van der Waals surface area contributed by atoms with Crippen molar-refractivity contribution in [3.63, 3.8) is 0 Å². The van der Waals surface area contributed by atoms with E-state index in [1.54, 1.807) is 0 Å². The van der Waals surface area contributed by atoms with Gasteiger partial charge < -0.3 is 19.9 Å². The molecule has 0 spiro atoms. The molecule has 1 aliphatic heterocycles. The Hall–Kier alpha value is -1.68. The smallest absolute Gasteiger partial charge is 0.403 e. The highest BCUT2D eigenvalue weighted by Gasteiger charge is 2.54. The van der Waals surface area contributed by atoms with Gasteiger partial charge in [-0.15, -0.1) is 0 Å². The first-order valence-corrected chi connectivity index (χ1v) is 11.4. The monoisotopic (exact) mass is 439 g/mol. The summed E-state index contributed by atoms with van der Waals surface area (Å²) in [5.41, 5.74) is -1.99. The Labute approximate surface area is 185 Å². The Bertz CT molecular complexity index is 670. The molecular weight excluding hydrogens is 401 g/mol. The van der Waals surface area contributed by atoms with Crippen LogP contribution in [-0.2, 0) is 18.9 Å². The predicted molar refractivity (Wildman–Crippen MR) is 118 cm³/mol. The van der Waals surface area contributed by atoms with E-state index in [4.69, 9.17) is 9.31 Å². The van der Waals surface area contributed by atoms with Crippen molar-refractivity contribution in [1.82, 2.24) is 10.6 Å². The molecule has 2 aliphatic rings. The van der Waals surface area contributed by atoms with Crippen molar-refractivity contribution in [2.24, 2.45) is 11.8 Å². The standard InChI is InChI=1S/C21H38BN3O6/c1-7-8-11-23-18(27)21(24-15(2)26)12-16(17(13-21)14-25(28)29)9-10-22-30-19(3,4)20(5,6)31-22/h16-17H,7-14H2,1-6H3,(H,23,27)(H,24,26)/t16-,17+,21+/m0/s1. The van der Waals surface area contributed by atoms with Crippen molar-refractivity contribution >= 4 is 18.9 Å². The van der Waals surface area contributed by atoms with Crippen LogP contribution < -0.4 is 10.6 Å². The molecule has 2 N–H and O–H groups in total. The lowest BCUT2D eigenvalue weighted by molar-refractivity contribution is -0.489. The number of carbonyl (C=O) groups is 2. The van der Waals surface area contributed by atoms with E-state index >= 15 is 0 Å². The molecule has 2 fully saturated rings. The fourth-order valence-electron chi connectivity index (χ4n) is 4.72. The molecule has 1 heterocycles. The number of hydrogen-bond donors (Lipinski definition) is 2. The van der Waals surface area contributed by atoms with Gasteiger partial charge in [-0.05, 0) is 59.2 Å². The van der Waals surface area contributed by atoms with E-state index in [2.05, 4.69) is 10.6 Å². The van der Waals surface area contributed by atoms with Crippen molar-refractivity contribution in [3.8, 4) is 0 Å². The van der Waals surface area contributed by atoms with Gasteiger partial charge in [-0.3, -0.25) is 19.7 Å². The number of unbranched alkanes of at least 4 members (excludes halogenated alkanes) is 1. The zero-order valence-corrected chi connectivity index (χ0v) is 19.8. The first-order chi connectivity index (χ1) is 14.3. The summed E-state index contributed by atoms with van der Waals surface area (Å²) in [7, 11) is -0.393. The van der Waals surface area contributed by atoms with E-state index in [9.17, 15) is 19.7 Å². The van der Waals surface area contributed by atoms with Crippen molar-refractivity contribution in [3.05, 3.63) is 10.1 Å². The summed E-state index contributed by atoms with van der Waals surface area (Å²) in [5.74, 6) is -0.950. The number of nitrogens with zero attached hydrogens (tertiary/aromatic N) is 1. The average Bonchev–Trinajstić information content (AvgIpc) is 3.06. The van der Waals surface area contributed by atoms with E-state index in [-0.39, 0.29) is 41.5 Å². The second-order valence-electron chi connectivity index (χ2n) is 10.1. The average molecular weight is 439 g/mol. The third-order valence-electron chi connectivity index (χ3n) is 7.01. The first kappa shape index (κ1) is 25.6. The molecule has 3 atom stereocenters. The van der Waals surface area contributed by atoms with E-state index in [0.29, 0.717) is 25.7 Å².